The molecule has 0 aromatic rings. The van der Waals surface area contributed by atoms with Crippen LogP contribution in [0.15, 0.2) is 4.99 Å². The first-order valence-corrected chi connectivity index (χ1v) is 6.65. The van der Waals surface area contributed by atoms with Gasteiger partial charge in [0.15, 0.2) is 5.17 Å². The lowest BCUT2D eigenvalue weighted by molar-refractivity contribution is -0.160. The van der Waals surface area contributed by atoms with Crippen LogP contribution in [0.4, 0.5) is 0 Å². The number of aliphatic imine (C=N–C) groups is 1. The topological polar surface area (TPSA) is 94.3 Å². The van der Waals surface area contributed by atoms with Crippen LogP contribution in [0.25, 0.3) is 0 Å². The van der Waals surface area contributed by atoms with Crippen molar-refractivity contribution in [3.8, 4) is 0 Å². The minimum atomic E-state index is -0.975. The van der Waals surface area contributed by atoms with E-state index in [9.17, 15) is 10.2 Å². The molecule has 0 aromatic carbocycles. The molecular formula is C10H18N2O4S. The van der Waals surface area contributed by atoms with Crippen molar-refractivity contribution in [2.24, 2.45) is 4.99 Å². The zero-order chi connectivity index (χ0) is 12.4. The number of aliphatic hydroxyl groups is 3. The summed E-state index contributed by atoms with van der Waals surface area (Å²) in [5, 5.41) is 32.5. The molecular weight excluding hydrogens is 244 g/mol. The van der Waals surface area contributed by atoms with Crippen molar-refractivity contribution in [1.29, 1.82) is 0 Å². The van der Waals surface area contributed by atoms with Crippen LogP contribution in [0, 0.1) is 0 Å². The highest BCUT2D eigenvalue weighted by Crippen LogP contribution is 2.34. The summed E-state index contributed by atoms with van der Waals surface area (Å²) in [4.78, 5) is 4.22. The molecule has 2 saturated heterocycles. The number of hydrogen-bond donors (Lipinski definition) is 4. The zero-order valence-corrected chi connectivity index (χ0v) is 10.4. The Morgan fingerprint density at radius 3 is 2.82 bits per heavy atom. The predicted octanol–water partition coefficient (Wildman–Crippen LogP) is -1.10. The molecule has 4 N–H and O–H groups in total. The molecule has 2 aliphatic rings. The molecule has 5 unspecified atom stereocenters. The van der Waals surface area contributed by atoms with Crippen molar-refractivity contribution in [1.82, 2.24) is 5.32 Å². The molecule has 0 amide bonds. The van der Waals surface area contributed by atoms with Crippen LogP contribution < -0.4 is 5.32 Å². The van der Waals surface area contributed by atoms with E-state index in [0.717, 1.165) is 5.17 Å². The second-order valence-electron chi connectivity index (χ2n) is 4.10. The Morgan fingerprint density at radius 2 is 2.18 bits per heavy atom. The average Bonchev–Trinajstić information content (AvgIpc) is 2.69. The lowest BCUT2D eigenvalue weighted by Crippen LogP contribution is -2.58. The summed E-state index contributed by atoms with van der Waals surface area (Å²) in [6.07, 6.45) is -2.08. The SMILES string of the molecule is CCN=C1NC2C(OC(CCO)C(O)C2O)S1. The van der Waals surface area contributed by atoms with Crippen molar-refractivity contribution in [3.63, 3.8) is 0 Å². The molecule has 7 heteroatoms. The Labute approximate surface area is 104 Å². The average molecular weight is 262 g/mol. The highest BCUT2D eigenvalue weighted by Gasteiger charge is 2.48. The van der Waals surface area contributed by atoms with Crippen LogP contribution in [-0.4, -0.2) is 63.4 Å². The van der Waals surface area contributed by atoms with Crippen molar-refractivity contribution in [3.05, 3.63) is 0 Å². The van der Waals surface area contributed by atoms with Gasteiger partial charge in [-0.25, -0.2) is 0 Å². The maximum Gasteiger partial charge on any atom is 0.159 e. The minimum absolute atomic E-state index is 0.0696. The molecule has 0 aromatic heterocycles. The number of rotatable bonds is 3. The van der Waals surface area contributed by atoms with Crippen LogP contribution in [0.5, 0.6) is 0 Å². The Bertz CT molecular complexity index is 302. The third-order valence-electron chi connectivity index (χ3n) is 2.93. The highest BCUT2D eigenvalue weighted by molar-refractivity contribution is 8.14. The first-order valence-electron chi connectivity index (χ1n) is 5.77. The van der Waals surface area contributed by atoms with Gasteiger partial charge in [-0.05, 0) is 13.3 Å². The molecule has 2 fully saturated rings. The molecule has 0 radical (unpaired) electrons. The van der Waals surface area contributed by atoms with E-state index in [0.29, 0.717) is 13.0 Å². The van der Waals surface area contributed by atoms with Crippen molar-refractivity contribution >= 4 is 16.9 Å². The Morgan fingerprint density at radius 1 is 1.41 bits per heavy atom. The first-order chi connectivity index (χ1) is 8.17. The van der Waals surface area contributed by atoms with Gasteiger partial charge in [0, 0.05) is 13.2 Å². The van der Waals surface area contributed by atoms with Gasteiger partial charge < -0.3 is 25.4 Å². The number of thioether (sulfide) groups is 1. The van der Waals surface area contributed by atoms with E-state index in [2.05, 4.69) is 10.3 Å². The Hall–Kier alpha value is -0.340. The number of nitrogens with zero attached hydrogens (tertiary/aromatic N) is 1. The van der Waals surface area contributed by atoms with Gasteiger partial charge in [-0.1, -0.05) is 11.8 Å². The maximum absolute atomic E-state index is 9.99. The fourth-order valence-corrected chi connectivity index (χ4v) is 3.27. The number of ether oxygens (including phenoxy) is 1. The fraction of sp³-hybridized carbons (Fsp3) is 0.900. The molecule has 0 aliphatic carbocycles. The summed E-state index contributed by atoms with van der Waals surface area (Å²) < 4.78 is 5.66. The van der Waals surface area contributed by atoms with E-state index in [-0.39, 0.29) is 18.1 Å². The monoisotopic (exact) mass is 262 g/mol. The van der Waals surface area contributed by atoms with Gasteiger partial charge in [0.25, 0.3) is 0 Å². The van der Waals surface area contributed by atoms with Gasteiger partial charge in [0.2, 0.25) is 0 Å². The third-order valence-corrected chi connectivity index (χ3v) is 4.04. The Balaban J connectivity index is 2.06. The van der Waals surface area contributed by atoms with Gasteiger partial charge in [-0.3, -0.25) is 4.99 Å². The van der Waals surface area contributed by atoms with E-state index in [1.54, 1.807) is 0 Å². The number of hydrogen-bond acceptors (Lipinski definition) is 6. The molecule has 2 aliphatic heterocycles. The van der Waals surface area contributed by atoms with Crippen molar-refractivity contribution in [2.45, 2.75) is 43.1 Å². The maximum atomic E-state index is 9.99. The highest BCUT2D eigenvalue weighted by atomic mass is 32.2. The number of fused-ring (bicyclic) bond motifs is 1. The summed E-state index contributed by atoms with van der Waals surface area (Å²) in [6.45, 7) is 2.52. The van der Waals surface area contributed by atoms with Gasteiger partial charge in [-0.2, -0.15) is 0 Å². The second kappa shape index (κ2) is 5.53. The lowest BCUT2D eigenvalue weighted by Gasteiger charge is -2.38. The van der Waals surface area contributed by atoms with Crippen molar-refractivity contribution in [2.75, 3.05) is 13.2 Å². The molecule has 17 heavy (non-hydrogen) atoms. The summed E-state index contributed by atoms with van der Waals surface area (Å²) in [7, 11) is 0. The normalized spacial score (nSPS) is 43.5. The van der Waals surface area contributed by atoms with Crippen LogP contribution >= 0.6 is 11.8 Å². The third kappa shape index (κ3) is 2.58. The van der Waals surface area contributed by atoms with E-state index >= 15 is 0 Å². The molecule has 0 spiro atoms. The van der Waals surface area contributed by atoms with Gasteiger partial charge in [-0.15, -0.1) is 0 Å². The molecule has 0 bridgehead atoms. The number of amidine groups is 1. The van der Waals surface area contributed by atoms with Crippen LogP contribution in [-0.2, 0) is 4.74 Å². The van der Waals surface area contributed by atoms with Gasteiger partial charge >= 0.3 is 0 Å². The summed E-state index contributed by atoms with van der Waals surface area (Å²) in [6, 6.07) is -0.338. The quantitative estimate of drug-likeness (QED) is 0.516. The van der Waals surface area contributed by atoms with E-state index < -0.39 is 18.3 Å². The standard InChI is InChI=1S/C10H18N2O4S/c1-2-11-10-12-6-8(15)7(14)5(3-4-13)16-9(6)17-10/h5-9,13-15H,2-4H2,1H3,(H,11,12). The molecule has 5 atom stereocenters. The number of nitrogens with one attached hydrogen (secondary N) is 1. The minimum Gasteiger partial charge on any atom is -0.396 e. The first kappa shape index (κ1) is 13.1. The van der Waals surface area contributed by atoms with Crippen LogP contribution in [0.3, 0.4) is 0 Å². The van der Waals surface area contributed by atoms with E-state index in [1.165, 1.54) is 11.8 Å². The summed E-state index contributed by atoms with van der Waals surface area (Å²) in [5.74, 6) is 0. The summed E-state index contributed by atoms with van der Waals surface area (Å²) in [5.41, 5.74) is -0.254. The molecule has 2 rings (SSSR count). The molecule has 6 nitrogen and oxygen atoms in total. The van der Waals surface area contributed by atoms with Crippen LogP contribution in [0.2, 0.25) is 0 Å². The van der Waals surface area contributed by atoms with Gasteiger partial charge in [0.05, 0.1) is 12.1 Å². The predicted molar refractivity (Wildman–Crippen MR) is 64.9 cm³/mol. The largest absolute Gasteiger partial charge is 0.396 e. The molecule has 98 valence electrons. The van der Waals surface area contributed by atoms with Gasteiger partial charge in [0.1, 0.15) is 17.6 Å². The Kier molecular flexibility index (Phi) is 4.26. The van der Waals surface area contributed by atoms with Crippen LogP contribution in [0.1, 0.15) is 13.3 Å². The molecule has 0 saturated carbocycles. The smallest absolute Gasteiger partial charge is 0.159 e. The lowest BCUT2D eigenvalue weighted by atomic mass is 9.96. The van der Waals surface area contributed by atoms with E-state index in [1.807, 2.05) is 6.92 Å². The summed E-state index contributed by atoms with van der Waals surface area (Å²) >= 11 is 1.42. The fourth-order valence-electron chi connectivity index (χ4n) is 2.06. The molecule has 2 heterocycles. The van der Waals surface area contributed by atoms with Crippen molar-refractivity contribution < 1.29 is 20.1 Å². The second-order valence-corrected chi connectivity index (χ2v) is 5.19. The number of aliphatic hydroxyl groups excluding tert-OH is 3. The van der Waals surface area contributed by atoms with E-state index in [4.69, 9.17) is 9.84 Å². The zero-order valence-electron chi connectivity index (χ0n) is 9.61.